The van der Waals surface area contributed by atoms with E-state index in [1.165, 1.54) is 11.1 Å². The van der Waals surface area contributed by atoms with Gasteiger partial charge in [0, 0.05) is 12.1 Å². The highest BCUT2D eigenvalue weighted by Gasteiger charge is 2.19. The molecular weight excluding hydrogens is 422 g/mol. The maximum absolute atomic E-state index is 12.8. The standard InChI is InChI=1S/C29H33N3O2/c1-20-11-14-24(15-12-20)29(33)30-23(4)28-31-26-9-5-6-10-27(26)32(28)17-7-8-18-34-25-16-13-21(2)22(3)19-25/h5-6,9-16,19,23H,7-8,17-18H2,1-4H3,(H,30,33). The van der Waals surface area contributed by atoms with Crippen LogP contribution >= 0.6 is 0 Å². The van der Waals surface area contributed by atoms with Gasteiger partial charge in [0.05, 0.1) is 23.7 Å². The van der Waals surface area contributed by atoms with Crippen LogP contribution in [0.2, 0.25) is 0 Å². The lowest BCUT2D eigenvalue weighted by Crippen LogP contribution is -2.28. The van der Waals surface area contributed by atoms with E-state index >= 15 is 0 Å². The number of rotatable bonds is 9. The highest BCUT2D eigenvalue weighted by Crippen LogP contribution is 2.22. The van der Waals surface area contributed by atoms with Gasteiger partial charge >= 0.3 is 0 Å². The molecule has 1 unspecified atom stereocenters. The molecule has 176 valence electrons. The smallest absolute Gasteiger partial charge is 0.251 e. The van der Waals surface area contributed by atoms with Gasteiger partial charge in [0.2, 0.25) is 0 Å². The highest BCUT2D eigenvalue weighted by atomic mass is 16.5. The zero-order chi connectivity index (χ0) is 24.1. The molecule has 1 aromatic heterocycles. The van der Waals surface area contributed by atoms with Gasteiger partial charge in [-0.2, -0.15) is 0 Å². The van der Waals surface area contributed by atoms with Crippen LogP contribution in [0.1, 0.15) is 58.7 Å². The van der Waals surface area contributed by atoms with Crippen molar-refractivity contribution in [1.29, 1.82) is 0 Å². The first-order chi connectivity index (χ1) is 16.4. The number of hydrogen-bond acceptors (Lipinski definition) is 3. The number of aryl methyl sites for hydroxylation is 4. The molecule has 1 N–H and O–H groups in total. The first-order valence-corrected chi connectivity index (χ1v) is 11.9. The lowest BCUT2D eigenvalue weighted by molar-refractivity contribution is 0.0937. The second-order valence-electron chi connectivity index (χ2n) is 8.97. The normalized spacial score (nSPS) is 12.0. The van der Waals surface area contributed by atoms with E-state index in [0.29, 0.717) is 12.2 Å². The summed E-state index contributed by atoms with van der Waals surface area (Å²) in [5, 5.41) is 3.12. The van der Waals surface area contributed by atoms with Crippen LogP contribution in [0, 0.1) is 20.8 Å². The summed E-state index contributed by atoms with van der Waals surface area (Å²) in [5.74, 6) is 1.70. The number of imidazole rings is 1. The minimum Gasteiger partial charge on any atom is -0.494 e. The fourth-order valence-corrected chi connectivity index (χ4v) is 4.07. The minimum atomic E-state index is -0.215. The molecule has 0 aliphatic rings. The quantitative estimate of drug-likeness (QED) is 0.301. The molecule has 0 aliphatic heterocycles. The Balaban J connectivity index is 1.41. The lowest BCUT2D eigenvalue weighted by Gasteiger charge is -2.17. The first-order valence-electron chi connectivity index (χ1n) is 11.9. The molecule has 0 saturated heterocycles. The number of nitrogens with zero attached hydrogens (tertiary/aromatic N) is 2. The van der Waals surface area contributed by atoms with Crippen molar-refractivity contribution in [2.24, 2.45) is 0 Å². The van der Waals surface area contributed by atoms with Crippen LogP contribution in [-0.4, -0.2) is 22.1 Å². The Morgan fingerprint density at radius 3 is 2.50 bits per heavy atom. The minimum absolute atomic E-state index is 0.0899. The van der Waals surface area contributed by atoms with Crippen LogP contribution in [0.3, 0.4) is 0 Å². The first kappa shape index (κ1) is 23.6. The molecule has 34 heavy (non-hydrogen) atoms. The molecule has 1 heterocycles. The second-order valence-corrected chi connectivity index (χ2v) is 8.97. The van der Waals surface area contributed by atoms with Crippen LogP contribution in [-0.2, 0) is 6.54 Å². The zero-order valence-electron chi connectivity index (χ0n) is 20.5. The van der Waals surface area contributed by atoms with Crippen molar-refractivity contribution >= 4 is 16.9 Å². The Labute approximate surface area is 201 Å². The van der Waals surface area contributed by atoms with Gasteiger partial charge in [-0.05, 0) is 88.1 Å². The molecule has 5 heteroatoms. The number of carbonyl (C=O) groups is 1. The molecule has 4 rings (SSSR count). The molecule has 0 bridgehead atoms. The van der Waals surface area contributed by atoms with Crippen molar-refractivity contribution in [2.75, 3.05) is 6.61 Å². The molecule has 3 aromatic carbocycles. The van der Waals surface area contributed by atoms with Crippen molar-refractivity contribution in [3.8, 4) is 5.75 Å². The summed E-state index contributed by atoms with van der Waals surface area (Å²) in [5.41, 5.74) is 6.34. The molecule has 0 radical (unpaired) electrons. The van der Waals surface area contributed by atoms with E-state index in [2.05, 4.69) is 41.9 Å². The molecule has 0 fully saturated rings. The van der Waals surface area contributed by atoms with Crippen molar-refractivity contribution in [2.45, 2.75) is 53.1 Å². The predicted octanol–water partition coefficient (Wildman–Crippen LogP) is 6.31. The average Bonchev–Trinajstić information content (AvgIpc) is 3.20. The van der Waals surface area contributed by atoms with E-state index in [1.54, 1.807) is 0 Å². The maximum atomic E-state index is 12.8. The van der Waals surface area contributed by atoms with E-state index in [1.807, 2.05) is 62.4 Å². The van der Waals surface area contributed by atoms with Crippen LogP contribution in [0.15, 0.2) is 66.7 Å². The number of ether oxygens (including phenoxy) is 1. The molecular formula is C29H33N3O2. The van der Waals surface area contributed by atoms with Crippen LogP contribution in [0.4, 0.5) is 0 Å². The van der Waals surface area contributed by atoms with Crippen molar-refractivity contribution < 1.29 is 9.53 Å². The maximum Gasteiger partial charge on any atom is 0.251 e. The van der Waals surface area contributed by atoms with Gasteiger partial charge in [-0.1, -0.05) is 35.9 Å². The van der Waals surface area contributed by atoms with E-state index in [0.717, 1.165) is 47.6 Å². The van der Waals surface area contributed by atoms with Crippen LogP contribution in [0.25, 0.3) is 11.0 Å². The van der Waals surface area contributed by atoms with E-state index in [-0.39, 0.29) is 11.9 Å². The highest BCUT2D eigenvalue weighted by molar-refractivity contribution is 5.94. The summed E-state index contributed by atoms with van der Waals surface area (Å²) in [6.07, 6.45) is 1.89. The SMILES string of the molecule is Cc1ccc(C(=O)NC(C)c2nc3ccccc3n2CCCCOc2ccc(C)c(C)c2)cc1. The number of para-hydroxylation sites is 2. The number of amides is 1. The molecule has 5 nitrogen and oxygen atoms in total. The molecule has 0 spiro atoms. The van der Waals surface area contributed by atoms with Crippen molar-refractivity contribution in [3.63, 3.8) is 0 Å². The summed E-state index contributed by atoms with van der Waals surface area (Å²) in [6.45, 7) is 9.70. The van der Waals surface area contributed by atoms with Gasteiger partial charge < -0.3 is 14.6 Å². The Morgan fingerprint density at radius 1 is 0.971 bits per heavy atom. The Kier molecular flexibility index (Phi) is 7.31. The summed E-state index contributed by atoms with van der Waals surface area (Å²) in [7, 11) is 0. The fraction of sp³-hybridized carbons (Fsp3) is 0.310. The van der Waals surface area contributed by atoms with Gasteiger partial charge in [0.15, 0.2) is 0 Å². The number of benzene rings is 3. The van der Waals surface area contributed by atoms with Gasteiger partial charge in [-0.15, -0.1) is 0 Å². The third-order valence-electron chi connectivity index (χ3n) is 6.26. The average molecular weight is 456 g/mol. The Bertz CT molecular complexity index is 1270. The molecule has 0 aliphatic carbocycles. The second kappa shape index (κ2) is 10.6. The largest absolute Gasteiger partial charge is 0.494 e. The molecule has 1 atom stereocenters. The number of carbonyl (C=O) groups excluding carboxylic acids is 1. The Morgan fingerprint density at radius 2 is 1.74 bits per heavy atom. The summed E-state index contributed by atoms with van der Waals surface area (Å²) in [6, 6.07) is 21.8. The van der Waals surface area contributed by atoms with Crippen molar-refractivity contribution in [3.05, 3.63) is 94.8 Å². The number of unbranched alkanes of at least 4 members (excludes halogenated alkanes) is 1. The number of aromatic nitrogens is 2. The summed E-state index contributed by atoms with van der Waals surface area (Å²) in [4.78, 5) is 17.6. The summed E-state index contributed by atoms with van der Waals surface area (Å²) < 4.78 is 8.18. The van der Waals surface area contributed by atoms with Gasteiger partial charge in [0.25, 0.3) is 5.91 Å². The number of nitrogens with one attached hydrogen (secondary N) is 1. The van der Waals surface area contributed by atoms with Crippen LogP contribution < -0.4 is 10.1 Å². The topological polar surface area (TPSA) is 56.2 Å². The number of fused-ring (bicyclic) bond motifs is 1. The van der Waals surface area contributed by atoms with E-state index in [9.17, 15) is 4.79 Å². The van der Waals surface area contributed by atoms with Gasteiger partial charge in [-0.3, -0.25) is 4.79 Å². The molecule has 1 amide bonds. The third kappa shape index (κ3) is 5.48. The Hall–Kier alpha value is -3.60. The van der Waals surface area contributed by atoms with Crippen LogP contribution in [0.5, 0.6) is 5.75 Å². The summed E-state index contributed by atoms with van der Waals surface area (Å²) >= 11 is 0. The van der Waals surface area contributed by atoms with E-state index < -0.39 is 0 Å². The van der Waals surface area contributed by atoms with Gasteiger partial charge in [-0.25, -0.2) is 4.98 Å². The number of hydrogen-bond donors (Lipinski definition) is 1. The van der Waals surface area contributed by atoms with Gasteiger partial charge in [0.1, 0.15) is 11.6 Å². The zero-order valence-corrected chi connectivity index (χ0v) is 20.5. The lowest BCUT2D eigenvalue weighted by atomic mass is 10.1. The van der Waals surface area contributed by atoms with E-state index in [4.69, 9.17) is 9.72 Å². The fourth-order valence-electron chi connectivity index (χ4n) is 4.07. The van der Waals surface area contributed by atoms with Crippen molar-refractivity contribution in [1.82, 2.24) is 14.9 Å². The monoisotopic (exact) mass is 455 g/mol. The molecule has 4 aromatic rings. The third-order valence-corrected chi connectivity index (χ3v) is 6.26. The molecule has 0 saturated carbocycles. The predicted molar refractivity (Wildman–Crippen MR) is 137 cm³/mol.